The lowest BCUT2D eigenvalue weighted by atomic mass is 10.0. The van der Waals surface area contributed by atoms with Gasteiger partial charge in [-0.1, -0.05) is 79.3 Å². The minimum absolute atomic E-state index is 0.0490. The predicted octanol–water partition coefficient (Wildman–Crippen LogP) is 3.06. The largest absolute Gasteiger partial charge is 0.355 e. The van der Waals surface area contributed by atoms with Gasteiger partial charge in [-0.25, -0.2) is 4.68 Å². The van der Waals surface area contributed by atoms with Crippen LogP contribution in [0.25, 0.3) is 11.4 Å². The van der Waals surface area contributed by atoms with Gasteiger partial charge in [0.2, 0.25) is 11.1 Å². The Hall–Kier alpha value is -2.80. The monoisotopic (exact) mass is 381 g/mol. The van der Waals surface area contributed by atoms with Gasteiger partial charge in [-0.05, 0) is 18.4 Å². The number of carbonyl (C=O) groups is 1. The second-order valence-electron chi connectivity index (χ2n) is 6.36. The minimum Gasteiger partial charge on any atom is -0.355 e. The van der Waals surface area contributed by atoms with Crippen molar-refractivity contribution in [2.45, 2.75) is 30.2 Å². The second kappa shape index (κ2) is 8.73. The van der Waals surface area contributed by atoms with E-state index in [-0.39, 0.29) is 17.1 Å². The van der Waals surface area contributed by atoms with E-state index in [2.05, 4.69) is 34.6 Å². The van der Waals surface area contributed by atoms with E-state index in [0.717, 1.165) is 5.56 Å². The van der Waals surface area contributed by atoms with Crippen LogP contribution in [0.4, 0.5) is 0 Å². The maximum Gasteiger partial charge on any atom is 0.233 e. The molecule has 0 radical (unpaired) electrons. The van der Waals surface area contributed by atoms with Gasteiger partial charge in [0.25, 0.3) is 0 Å². The van der Waals surface area contributed by atoms with Crippen LogP contribution in [0.1, 0.15) is 25.3 Å². The number of hydrogen-bond donors (Lipinski definition) is 2. The van der Waals surface area contributed by atoms with Gasteiger partial charge in [0.1, 0.15) is 0 Å². The Morgan fingerprint density at radius 3 is 2.37 bits per heavy atom. The van der Waals surface area contributed by atoms with Crippen LogP contribution in [0.3, 0.4) is 0 Å². The van der Waals surface area contributed by atoms with Crippen molar-refractivity contribution in [3.05, 3.63) is 66.2 Å². The standard InChI is InChI=1S/C20H23N5OS/c1-14(16-9-5-3-6-10-16)13-22-19(26)15(2)27-20-24-23-18(25(20)21)17-11-7-4-8-12-17/h3-12,14-15H,13,21H2,1-2H3,(H,22,26). The van der Waals surface area contributed by atoms with Crippen molar-refractivity contribution < 1.29 is 4.79 Å². The summed E-state index contributed by atoms with van der Waals surface area (Å²) in [5.41, 5.74) is 2.08. The molecule has 6 nitrogen and oxygen atoms in total. The summed E-state index contributed by atoms with van der Waals surface area (Å²) in [4.78, 5) is 12.4. The molecule has 2 atom stereocenters. The Morgan fingerprint density at radius 2 is 1.70 bits per heavy atom. The molecule has 2 aromatic carbocycles. The van der Waals surface area contributed by atoms with E-state index in [1.165, 1.54) is 22.0 Å². The lowest BCUT2D eigenvalue weighted by molar-refractivity contribution is -0.120. The molecule has 0 bridgehead atoms. The van der Waals surface area contributed by atoms with Gasteiger partial charge >= 0.3 is 0 Å². The summed E-state index contributed by atoms with van der Waals surface area (Å²) in [5, 5.41) is 11.5. The van der Waals surface area contributed by atoms with Crippen LogP contribution < -0.4 is 11.2 Å². The highest BCUT2D eigenvalue weighted by atomic mass is 32.2. The van der Waals surface area contributed by atoms with E-state index in [0.29, 0.717) is 17.5 Å². The minimum atomic E-state index is -0.330. The number of amides is 1. The molecule has 0 saturated carbocycles. The molecule has 0 aliphatic heterocycles. The van der Waals surface area contributed by atoms with Gasteiger partial charge in [-0.2, -0.15) is 0 Å². The Morgan fingerprint density at radius 1 is 1.07 bits per heavy atom. The van der Waals surface area contributed by atoms with Gasteiger partial charge < -0.3 is 11.2 Å². The maximum atomic E-state index is 12.4. The molecule has 0 aliphatic carbocycles. The average Bonchev–Trinajstić information content (AvgIpc) is 3.07. The Bertz CT molecular complexity index is 882. The zero-order chi connectivity index (χ0) is 19.2. The zero-order valence-corrected chi connectivity index (χ0v) is 16.2. The first-order valence-electron chi connectivity index (χ1n) is 8.81. The first kappa shape index (κ1) is 19.0. The Kier molecular flexibility index (Phi) is 6.13. The predicted molar refractivity (Wildman–Crippen MR) is 109 cm³/mol. The molecule has 1 aromatic heterocycles. The van der Waals surface area contributed by atoms with E-state index in [9.17, 15) is 4.79 Å². The summed E-state index contributed by atoms with van der Waals surface area (Å²) in [6.45, 7) is 4.51. The van der Waals surface area contributed by atoms with Gasteiger partial charge in [0, 0.05) is 12.1 Å². The van der Waals surface area contributed by atoms with E-state index in [1.807, 2.05) is 55.5 Å². The fraction of sp³-hybridized carbons (Fsp3) is 0.250. The fourth-order valence-electron chi connectivity index (χ4n) is 2.65. The second-order valence-corrected chi connectivity index (χ2v) is 7.67. The normalized spacial score (nSPS) is 13.1. The third-order valence-electron chi connectivity index (χ3n) is 4.30. The van der Waals surface area contributed by atoms with Crippen LogP contribution in [0.15, 0.2) is 65.8 Å². The third kappa shape index (κ3) is 4.68. The average molecular weight is 382 g/mol. The third-order valence-corrected chi connectivity index (χ3v) is 5.36. The molecule has 0 fully saturated rings. The number of hydrogen-bond acceptors (Lipinski definition) is 5. The highest BCUT2D eigenvalue weighted by molar-refractivity contribution is 8.00. The van der Waals surface area contributed by atoms with E-state index in [1.54, 1.807) is 0 Å². The van der Waals surface area contributed by atoms with Gasteiger partial charge in [0.15, 0.2) is 5.82 Å². The van der Waals surface area contributed by atoms with Gasteiger partial charge in [0.05, 0.1) is 5.25 Å². The van der Waals surface area contributed by atoms with E-state index >= 15 is 0 Å². The highest BCUT2D eigenvalue weighted by Crippen LogP contribution is 2.24. The zero-order valence-electron chi connectivity index (χ0n) is 15.4. The summed E-state index contributed by atoms with van der Waals surface area (Å²) in [6.07, 6.45) is 0. The first-order chi connectivity index (χ1) is 13.1. The van der Waals surface area contributed by atoms with Crippen LogP contribution in [-0.4, -0.2) is 32.6 Å². The number of nitrogens with one attached hydrogen (secondary N) is 1. The van der Waals surface area contributed by atoms with Gasteiger partial charge in [-0.15, -0.1) is 10.2 Å². The molecular weight excluding hydrogens is 358 g/mol. The van der Waals surface area contributed by atoms with Crippen molar-refractivity contribution in [2.24, 2.45) is 0 Å². The summed E-state index contributed by atoms with van der Waals surface area (Å²) in [6, 6.07) is 19.7. The van der Waals surface area contributed by atoms with Crippen molar-refractivity contribution in [1.82, 2.24) is 20.2 Å². The van der Waals surface area contributed by atoms with Crippen molar-refractivity contribution in [3.63, 3.8) is 0 Å². The van der Waals surface area contributed by atoms with Crippen molar-refractivity contribution in [1.29, 1.82) is 0 Å². The topological polar surface area (TPSA) is 85.8 Å². The number of carbonyl (C=O) groups excluding carboxylic acids is 1. The van der Waals surface area contributed by atoms with Crippen LogP contribution >= 0.6 is 11.8 Å². The maximum absolute atomic E-state index is 12.4. The quantitative estimate of drug-likeness (QED) is 0.485. The Labute approximate surface area is 163 Å². The van der Waals surface area contributed by atoms with Crippen LogP contribution in [0.5, 0.6) is 0 Å². The number of nitrogen functional groups attached to an aromatic ring is 1. The number of aromatic nitrogens is 3. The molecule has 1 amide bonds. The highest BCUT2D eigenvalue weighted by Gasteiger charge is 2.20. The number of nitrogens with zero attached hydrogens (tertiary/aromatic N) is 3. The summed E-state index contributed by atoms with van der Waals surface area (Å²) >= 11 is 1.29. The lowest BCUT2D eigenvalue weighted by Gasteiger charge is -2.15. The molecule has 3 rings (SSSR count). The fourth-order valence-corrected chi connectivity index (χ4v) is 3.44. The number of benzene rings is 2. The molecular formula is C20H23N5OS. The molecule has 3 aromatic rings. The van der Waals surface area contributed by atoms with E-state index in [4.69, 9.17) is 5.84 Å². The van der Waals surface area contributed by atoms with Crippen LogP contribution in [0, 0.1) is 0 Å². The molecule has 1 heterocycles. The summed E-state index contributed by atoms with van der Waals surface area (Å²) < 4.78 is 1.43. The molecule has 0 saturated heterocycles. The number of thioether (sulfide) groups is 1. The number of nitrogens with two attached hydrogens (primary N) is 1. The number of rotatable bonds is 7. The smallest absolute Gasteiger partial charge is 0.233 e. The molecule has 0 spiro atoms. The molecule has 0 aliphatic rings. The molecule has 27 heavy (non-hydrogen) atoms. The molecule has 140 valence electrons. The summed E-state index contributed by atoms with van der Waals surface area (Å²) in [5.74, 6) is 6.89. The van der Waals surface area contributed by atoms with Gasteiger partial charge in [-0.3, -0.25) is 4.79 Å². The Balaban J connectivity index is 1.58. The molecule has 3 N–H and O–H groups in total. The molecule has 7 heteroatoms. The van der Waals surface area contributed by atoms with Crippen molar-refractivity contribution in [2.75, 3.05) is 12.4 Å². The lowest BCUT2D eigenvalue weighted by Crippen LogP contribution is -2.33. The van der Waals surface area contributed by atoms with Crippen molar-refractivity contribution in [3.8, 4) is 11.4 Å². The van der Waals surface area contributed by atoms with Crippen LogP contribution in [0.2, 0.25) is 0 Å². The van der Waals surface area contributed by atoms with Crippen LogP contribution in [-0.2, 0) is 4.79 Å². The van der Waals surface area contributed by atoms with Crippen molar-refractivity contribution >= 4 is 17.7 Å². The summed E-state index contributed by atoms with van der Waals surface area (Å²) in [7, 11) is 0. The molecule has 2 unspecified atom stereocenters. The SMILES string of the molecule is CC(Sc1nnc(-c2ccccc2)n1N)C(=O)NCC(C)c1ccccc1. The van der Waals surface area contributed by atoms with E-state index < -0.39 is 0 Å². The first-order valence-corrected chi connectivity index (χ1v) is 9.69.